The van der Waals surface area contributed by atoms with E-state index in [0.29, 0.717) is 6.04 Å². The van der Waals surface area contributed by atoms with E-state index in [0.717, 1.165) is 6.54 Å². The molecule has 16 heavy (non-hydrogen) atoms. The summed E-state index contributed by atoms with van der Waals surface area (Å²) in [6.07, 6.45) is 3.84. The van der Waals surface area contributed by atoms with Crippen LogP contribution in [0.25, 0.3) is 11.1 Å². The molecule has 0 aromatic carbocycles. The van der Waals surface area contributed by atoms with Crippen LogP contribution in [-0.4, -0.2) is 11.0 Å². The van der Waals surface area contributed by atoms with Gasteiger partial charge in [0.25, 0.3) is 0 Å². The summed E-state index contributed by atoms with van der Waals surface area (Å²) in [7, 11) is 0. The minimum atomic E-state index is 0.504. The second kappa shape index (κ2) is 5.23. The highest BCUT2D eigenvalue weighted by atomic mass is 32.1. The molecule has 1 N–H and O–H groups in total. The monoisotopic (exact) mass is 232 g/mol. The number of aromatic nitrogens is 1. The van der Waals surface area contributed by atoms with Crippen LogP contribution in [0.2, 0.25) is 0 Å². The van der Waals surface area contributed by atoms with Crippen molar-refractivity contribution in [3.05, 3.63) is 40.8 Å². The van der Waals surface area contributed by atoms with Crippen molar-refractivity contribution in [2.75, 3.05) is 0 Å². The lowest BCUT2D eigenvalue weighted by Gasteiger charge is -2.08. The van der Waals surface area contributed by atoms with Gasteiger partial charge in [-0.3, -0.25) is 4.98 Å². The van der Waals surface area contributed by atoms with Gasteiger partial charge in [-0.1, -0.05) is 13.8 Å². The van der Waals surface area contributed by atoms with Crippen LogP contribution in [0.4, 0.5) is 0 Å². The van der Waals surface area contributed by atoms with Gasteiger partial charge < -0.3 is 5.32 Å². The Labute approximate surface area is 100 Å². The van der Waals surface area contributed by atoms with Crippen molar-refractivity contribution >= 4 is 11.3 Å². The molecule has 0 fully saturated rings. The Kier molecular flexibility index (Phi) is 3.70. The Morgan fingerprint density at radius 1 is 1.31 bits per heavy atom. The number of rotatable bonds is 4. The van der Waals surface area contributed by atoms with Gasteiger partial charge in [-0.15, -0.1) is 0 Å². The third-order valence-corrected chi connectivity index (χ3v) is 3.05. The molecular formula is C13H16N2S. The Morgan fingerprint density at radius 3 is 2.88 bits per heavy atom. The Balaban J connectivity index is 2.14. The molecule has 2 nitrogen and oxygen atoms in total. The van der Waals surface area contributed by atoms with Gasteiger partial charge in [0.1, 0.15) is 0 Å². The third kappa shape index (κ3) is 2.90. The van der Waals surface area contributed by atoms with E-state index in [-0.39, 0.29) is 0 Å². The van der Waals surface area contributed by atoms with Crippen molar-refractivity contribution in [1.82, 2.24) is 10.3 Å². The van der Waals surface area contributed by atoms with Crippen molar-refractivity contribution in [3.63, 3.8) is 0 Å². The summed E-state index contributed by atoms with van der Waals surface area (Å²) in [5.41, 5.74) is 3.69. The van der Waals surface area contributed by atoms with E-state index in [9.17, 15) is 0 Å². The quantitative estimate of drug-likeness (QED) is 0.874. The molecule has 0 saturated carbocycles. The van der Waals surface area contributed by atoms with Crippen molar-refractivity contribution in [3.8, 4) is 11.1 Å². The maximum Gasteiger partial charge on any atom is 0.0346 e. The molecule has 2 heterocycles. The second-order valence-electron chi connectivity index (χ2n) is 4.13. The fourth-order valence-corrected chi connectivity index (χ4v) is 2.16. The van der Waals surface area contributed by atoms with Crippen LogP contribution >= 0.6 is 11.3 Å². The van der Waals surface area contributed by atoms with E-state index in [1.165, 1.54) is 16.7 Å². The van der Waals surface area contributed by atoms with E-state index < -0.39 is 0 Å². The standard InChI is InChI=1S/C13H16N2S/c1-10(2)15-7-11-5-13(8-14-6-11)12-3-4-16-9-12/h3-6,8-10,15H,7H2,1-2H3. The molecule has 0 unspecified atom stereocenters. The summed E-state index contributed by atoms with van der Waals surface area (Å²) in [6.45, 7) is 5.18. The average molecular weight is 232 g/mol. The zero-order valence-corrected chi connectivity index (χ0v) is 10.4. The first-order valence-corrected chi connectivity index (χ1v) is 6.40. The van der Waals surface area contributed by atoms with E-state index >= 15 is 0 Å². The van der Waals surface area contributed by atoms with Crippen LogP contribution in [0.3, 0.4) is 0 Å². The molecule has 0 spiro atoms. The zero-order chi connectivity index (χ0) is 11.4. The van der Waals surface area contributed by atoms with Gasteiger partial charge in [0.15, 0.2) is 0 Å². The summed E-state index contributed by atoms with van der Waals surface area (Å²) >= 11 is 1.72. The van der Waals surface area contributed by atoms with Gasteiger partial charge in [0, 0.05) is 30.5 Å². The number of hydrogen-bond acceptors (Lipinski definition) is 3. The second-order valence-corrected chi connectivity index (χ2v) is 4.91. The molecule has 2 rings (SSSR count). The van der Waals surface area contributed by atoms with E-state index in [1.807, 2.05) is 12.4 Å². The first-order valence-electron chi connectivity index (χ1n) is 5.45. The Morgan fingerprint density at radius 2 is 2.19 bits per heavy atom. The molecular weight excluding hydrogens is 216 g/mol. The summed E-state index contributed by atoms with van der Waals surface area (Å²) in [4.78, 5) is 4.28. The predicted octanol–water partition coefficient (Wildman–Crippen LogP) is 3.31. The SMILES string of the molecule is CC(C)NCc1cncc(-c2ccsc2)c1. The predicted molar refractivity (Wildman–Crippen MR) is 69.5 cm³/mol. The molecule has 0 bridgehead atoms. The Bertz CT molecular complexity index is 435. The van der Waals surface area contributed by atoms with Gasteiger partial charge in [-0.25, -0.2) is 0 Å². The highest BCUT2D eigenvalue weighted by Crippen LogP contribution is 2.21. The first kappa shape index (κ1) is 11.3. The molecule has 0 radical (unpaired) electrons. The molecule has 3 heteroatoms. The molecule has 0 atom stereocenters. The Hall–Kier alpha value is -1.19. The normalized spacial score (nSPS) is 10.9. The van der Waals surface area contributed by atoms with Gasteiger partial charge in [0.2, 0.25) is 0 Å². The summed E-state index contributed by atoms with van der Waals surface area (Å²) < 4.78 is 0. The molecule has 0 amide bonds. The summed E-state index contributed by atoms with van der Waals surface area (Å²) in [6, 6.07) is 4.83. The highest BCUT2D eigenvalue weighted by molar-refractivity contribution is 7.08. The van der Waals surface area contributed by atoms with Crippen molar-refractivity contribution in [1.29, 1.82) is 0 Å². The van der Waals surface area contributed by atoms with Crippen LogP contribution < -0.4 is 5.32 Å². The lowest BCUT2D eigenvalue weighted by atomic mass is 10.1. The molecule has 0 aliphatic rings. The van der Waals surface area contributed by atoms with Crippen LogP contribution in [0, 0.1) is 0 Å². The summed E-state index contributed by atoms with van der Waals surface area (Å²) in [5.74, 6) is 0. The van der Waals surface area contributed by atoms with Gasteiger partial charge in [-0.05, 0) is 34.0 Å². The fraction of sp³-hybridized carbons (Fsp3) is 0.308. The smallest absolute Gasteiger partial charge is 0.0346 e. The van der Waals surface area contributed by atoms with Crippen LogP contribution in [0.15, 0.2) is 35.3 Å². The van der Waals surface area contributed by atoms with Crippen molar-refractivity contribution in [2.45, 2.75) is 26.4 Å². The maximum atomic E-state index is 4.28. The fourth-order valence-electron chi connectivity index (χ4n) is 1.49. The summed E-state index contributed by atoms with van der Waals surface area (Å²) in [5, 5.41) is 7.64. The molecule has 2 aromatic rings. The van der Waals surface area contributed by atoms with E-state index in [4.69, 9.17) is 0 Å². The van der Waals surface area contributed by atoms with E-state index in [1.54, 1.807) is 11.3 Å². The molecule has 0 aliphatic heterocycles. The number of nitrogens with one attached hydrogen (secondary N) is 1. The van der Waals surface area contributed by atoms with Crippen molar-refractivity contribution in [2.24, 2.45) is 0 Å². The average Bonchev–Trinajstić information content (AvgIpc) is 2.80. The molecule has 84 valence electrons. The largest absolute Gasteiger partial charge is 0.310 e. The third-order valence-electron chi connectivity index (χ3n) is 2.36. The van der Waals surface area contributed by atoms with Gasteiger partial charge >= 0.3 is 0 Å². The van der Waals surface area contributed by atoms with Gasteiger partial charge in [-0.2, -0.15) is 11.3 Å². The molecule has 0 saturated heterocycles. The van der Waals surface area contributed by atoms with Crippen LogP contribution in [-0.2, 0) is 6.54 Å². The molecule has 0 aliphatic carbocycles. The number of thiophene rings is 1. The maximum absolute atomic E-state index is 4.28. The van der Waals surface area contributed by atoms with E-state index in [2.05, 4.69) is 47.0 Å². The van der Waals surface area contributed by atoms with Crippen molar-refractivity contribution < 1.29 is 0 Å². The first-order chi connectivity index (χ1) is 7.75. The van der Waals surface area contributed by atoms with Crippen LogP contribution in [0.1, 0.15) is 19.4 Å². The number of hydrogen-bond donors (Lipinski definition) is 1. The minimum absolute atomic E-state index is 0.504. The molecule has 2 aromatic heterocycles. The highest BCUT2D eigenvalue weighted by Gasteiger charge is 2.01. The lowest BCUT2D eigenvalue weighted by molar-refractivity contribution is 0.588. The van der Waals surface area contributed by atoms with Crippen LogP contribution in [0.5, 0.6) is 0 Å². The zero-order valence-electron chi connectivity index (χ0n) is 9.60. The van der Waals surface area contributed by atoms with Gasteiger partial charge in [0.05, 0.1) is 0 Å². The number of pyridine rings is 1. The number of nitrogens with zero attached hydrogens (tertiary/aromatic N) is 1. The topological polar surface area (TPSA) is 24.9 Å². The minimum Gasteiger partial charge on any atom is -0.310 e. The lowest BCUT2D eigenvalue weighted by Crippen LogP contribution is -2.21.